The number of benzene rings is 1. The van der Waals surface area contributed by atoms with Crippen molar-refractivity contribution in [3.05, 3.63) is 59.9 Å². The minimum atomic E-state index is 0.451. The van der Waals surface area contributed by atoms with Gasteiger partial charge in [0, 0.05) is 24.5 Å². The first kappa shape index (κ1) is 15.8. The van der Waals surface area contributed by atoms with Crippen molar-refractivity contribution in [1.29, 1.82) is 0 Å². The Bertz CT molecular complexity index is 811. The zero-order valence-corrected chi connectivity index (χ0v) is 14.3. The molecule has 0 aliphatic carbocycles. The zero-order valence-electron chi connectivity index (χ0n) is 12.8. The number of rotatable bonds is 4. The number of halogens is 1. The second kappa shape index (κ2) is 6.98. The average molecular weight is 343 g/mol. The highest BCUT2D eigenvalue weighted by Crippen LogP contribution is 2.29. The lowest BCUT2D eigenvalue weighted by Crippen LogP contribution is -2.12. The lowest BCUT2D eigenvalue weighted by atomic mass is 10.1. The molecule has 0 fully saturated rings. The highest BCUT2D eigenvalue weighted by Gasteiger charge is 2.11. The third-order valence-electron chi connectivity index (χ3n) is 3.38. The summed E-state index contributed by atoms with van der Waals surface area (Å²) in [6.45, 7) is 0. The molecule has 6 heteroatoms. The van der Waals surface area contributed by atoms with Gasteiger partial charge in [0.25, 0.3) is 0 Å². The lowest BCUT2D eigenvalue weighted by molar-refractivity contribution is 0.945. The van der Waals surface area contributed by atoms with Crippen molar-refractivity contribution in [2.45, 2.75) is 5.16 Å². The van der Waals surface area contributed by atoms with E-state index in [0.29, 0.717) is 5.15 Å². The molecule has 2 aromatic heterocycles. The van der Waals surface area contributed by atoms with Crippen molar-refractivity contribution in [3.63, 3.8) is 0 Å². The Labute approximate surface area is 144 Å². The molecule has 3 aromatic rings. The van der Waals surface area contributed by atoms with E-state index in [0.717, 1.165) is 27.9 Å². The molecule has 0 aliphatic heterocycles. The van der Waals surface area contributed by atoms with Crippen molar-refractivity contribution in [2.75, 3.05) is 18.2 Å². The van der Waals surface area contributed by atoms with E-state index >= 15 is 0 Å². The number of nitrogens with zero attached hydrogens (tertiary/aromatic N) is 4. The quantitative estimate of drug-likeness (QED) is 0.391. The molecule has 2 heterocycles. The van der Waals surface area contributed by atoms with Gasteiger partial charge >= 0.3 is 0 Å². The molecular weight excluding hydrogens is 328 g/mol. The summed E-state index contributed by atoms with van der Waals surface area (Å²) in [6.07, 6.45) is 3.71. The molecule has 0 bridgehead atoms. The van der Waals surface area contributed by atoms with Crippen molar-refractivity contribution in [2.24, 2.45) is 0 Å². The SMILES string of the molecule is CSc1nccc(N(C)c2cc(Cl)nc(-c3ccccc3)c2)n1. The Morgan fingerprint density at radius 3 is 2.57 bits per heavy atom. The van der Waals surface area contributed by atoms with E-state index in [2.05, 4.69) is 15.0 Å². The van der Waals surface area contributed by atoms with Gasteiger partial charge in [0.1, 0.15) is 11.0 Å². The van der Waals surface area contributed by atoms with Gasteiger partial charge in [-0.1, -0.05) is 53.7 Å². The standard InChI is InChI=1S/C17H15ClN4S/c1-22(16-8-9-19-17(21-16)23-2)13-10-14(20-15(18)11-13)12-6-4-3-5-7-12/h3-11H,1-2H3. The second-order valence-corrected chi connectivity index (χ2v) is 6.02. The summed E-state index contributed by atoms with van der Waals surface area (Å²) in [5.74, 6) is 0.811. The van der Waals surface area contributed by atoms with Crippen LogP contribution in [-0.4, -0.2) is 28.3 Å². The average Bonchev–Trinajstić information content (AvgIpc) is 2.61. The highest BCUT2D eigenvalue weighted by atomic mass is 35.5. The van der Waals surface area contributed by atoms with Gasteiger partial charge in [0.15, 0.2) is 5.16 Å². The van der Waals surface area contributed by atoms with Gasteiger partial charge in [0.05, 0.1) is 5.69 Å². The largest absolute Gasteiger partial charge is 0.329 e. The Morgan fingerprint density at radius 2 is 1.83 bits per heavy atom. The van der Waals surface area contributed by atoms with Crippen molar-refractivity contribution >= 4 is 34.9 Å². The number of hydrogen-bond acceptors (Lipinski definition) is 5. The molecule has 0 spiro atoms. The molecule has 0 saturated carbocycles. The van der Waals surface area contributed by atoms with E-state index in [9.17, 15) is 0 Å². The van der Waals surface area contributed by atoms with Crippen LogP contribution in [0.1, 0.15) is 0 Å². The molecule has 4 nitrogen and oxygen atoms in total. The van der Waals surface area contributed by atoms with Crippen LogP contribution in [0.25, 0.3) is 11.3 Å². The summed E-state index contributed by atoms with van der Waals surface area (Å²) in [5, 5.41) is 1.19. The molecule has 116 valence electrons. The lowest BCUT2D eigenvalue weighted by Gasteiger charge is -2.19. The maximum Gasteiger partial charge on any atom is 0.189 e. The van der Waals surface area contributed by atoms with Crippen LogP contribution in [0.4, 0.5) is 11.5 Å². The molecule has 23 heavy (non-hydrogen) atoms. The van der Waals surface area contributed by atoms with E-state index in [4.69, 9.17) is 11.6 Å². The van der Waals surface area contributed by atoms with Gasteiger partial charge in [-0.25, -0.2) is 15.0 Å². The summed E-state index contributed by atoms with van der Waals surface area (Å²) in [5.41, 5.74) is 2.78. The molecule has 3 rings (SSSR count). The minimum absolute atomic E-state index is 0.451. The number of pyridine rings is 1. The molecule has 0 N–H and O–H groups in total. The van der Waals surface area contributed by atoms with Gasteiger partial charge in [-0.3, -0.25) is 0 Å². The molecule has 1 aromatic carbocycles. The second-order valence-electron chi connectivity index (χ2n) is 4.86. The fourth-order valence-corrected chi connectivity index (χ4v) is 2.74. The third-order valence-corrected chi connectivity index (χ3v) is 4.14. The first-order valence-electron chi connectivity index (χ1n) is 7.01. The predicted octanol–water partition coefficient (Wildman–Crippen LogP) is 4.68. The topological polar surface area (TPSA) is 41.9 Å². The molecule has 0 atom stereocenters. The molecular formula is C17H15ClN4S. The summed E-state index contributed by atoms with van der Waals surface area (Å²) in [6, 6.07) is 15.7. The van der Waals surface area contributed by atoms with E-state index in [1.807, 2.05) is 66.7 Å². The fraction of sp³-hybridized carbons (Fsp3) is 0.118. The zero-order chi connectivity index (χ0) is 16.2. The number of aromatic nitrogens is 3. The number of hydrogen-bond donors (Lipinski definition) is 0. The van der Waals surface area contributed by atoms with Crippen molar-refractivity contribution in [1.82, 2.24) is 15.0 Å². The highest BCUT2D eigenvalue weighted by molar-refractivity contribution is 7.98. The Hall–Kier alpha value is -2.11. The minimum Gasteiger partial charge on any atom is -0.329 e. The van der Waals surface area contributed by atoms with Crippen molar-refractivity contribution in [3.8, 4) is 11.3 Å². The number of anilines is 2. The monoisotopic (exact) mass is 342 g/mol. The van der Waals surface area contributed by atoms with Crippen LogP contribution in [-0.2, 0) is 0 Å². The molecule has 0 radical (unpaired) electrons. The predicted molar refractivity (Wildman–Crippen MR) is 96.6 cm³/mol. The Balaban J connectivity index is 2.00. The maximum absolute atomic E-state index is 6.22. The third kappa shape index (κ3) is 3.63. The summed E-state index contributed by atoms with van der Waals surface area (Å²) >= 11 is 7.73. The van der Waals surface area contributed by atoms with Crippen LogP contribution >= 0.6 is 23.4 Å². The van der Waals surface area contributed by atoms with Crippen LogP contribution in [0.3, 0.4) is 0 Å². The number of thioether (sulfide) groups is 1. The van der Waals surface area contributed by atoms with Crippen LogP contribution in [0.2, 0.25) is 5.15 Å². The smallest absolute Gasteiger partial charge is 0.189 e. The van der Waals surface area contributed by atoms with E-state index in [1.165, 1.54) is 11.8 Å². The Kier molecular flexibility index (Phi) is 4.79. The summed E-state index contributed by atoms with van der Waals surface area (Å²) < 4.78 is 0. The summed E-state index contributed by atoms with van der Waals surface area (Å²) in [7, 11) is 1.95. The molecule has 0 aliphatic rings. The van der Waals surface area contributed by atoms with Gasteiger partial charge in [0.2, 0.25) is 0 Å². The van der Waals surface area contributed by atoms with Gasteiger partial charge in [-0.05, 0) is 24.5 Å². The molecule has 0 saturated heterocycles. The molecule has 0 amide bonds. The van der Waals surface area contributed by atoms with Crippen LogP contribution in [0, 0.1) is 0 Å². The normalized spacial score (nSPS) is 10.6. The maximum atomic E-state index is 6.22. The fourth-order valence-electron chi connectivity index (χ4n) is 2.18. The first-order valence-corrected chi connectivity index (χ1v) is 8.61. The van der Waals surface area contributed by atoms with Gasteiger partial charge in [-0.2, -0.15) is 0 Å². The van der Waals surface area contributed by atoms with E-state index < -0.39 is 0 Å². The first-order chi connectivity index (χ1) is 11.2. The summed E-state index contributed by atoms with van der Waals surface area (Å²) in [4.78, 5) is 15.1. The molecule has 0 unspecified atom stereocenters. The van der Waals surface area contributed by atoms with Gasteiger partial charge < -0.3 is 4.90 Å². The van der Waals surface area contributed by atoms with E-state index in [1.54, 1.807) is 6.20 Å². The van der Waals surface area contributed by atoms with Gasteiger partial charge in [-0.15, -0.1) is 0 Å². The van der Waals surface area contributed by atoms with E-state index in [-0.39, 0.29) is 0 Å². The van der Waals surface area contributed by atoms with Crippen LogP contribution in [0.15, 0.2) is 59.9 Å². The van der Waals surface area contributed by atoms with Crippen LogP contribution < -0.4 is 4.90 Å². The van der Waals surface area contributed by atoms with Crippen LogP contribution in [0.5, 0.6) is 0 Å². The van der Waals surface area contributed by atoms with Crippen molar-refractivity contribution < 1.29 is 0 Å². The Morgan fingerprint density at radius 1 is 1.04 bits per heavy atom.